The molecule has 0 radical (unpaired) electrons. The summed E-state index contributed by atoms with van der Waals surface area (Å²) in [4.78, 5) is 2.67. The minimum Gasteiger partial charge on any atom is -0.494 e. The van der Waals surface area contributed by atoms with E-state index in [1.807, 2.05) is 4.57 Å². The Morgan fingerprint density at radius 2 is 1.50 bits per heavy atom. The number of nitrogens with zero attached hydrogens (tertiary/aromatic N) is 2. The smallest absolute Gasteiger partial charge is 0.197 e. The number of aromatic nitrogens is 1. The van der Waals surface area contributed by atoms with Gasteiger partial charge in [0.2, 0.25) is 0 Å². The van der Waals surface area contributed by atoms with Crippen LogP contribution < -0.4 is 0 Å². The quantitative estimate of drug-likeness (QED) is 0.368. The minimum absolute atomic E-state index is 0.162. The molecule has 4 aliphatic rings. The average Bonchev–Trinajstić information content (AvgIpc) is 3.68. The molecule has 1 saturated heterocycles. The summed E-state index contributed by atoms with van der Waals surface area (Å²) in [7, 11) is 0. The van der Waals surface area contributed by atoms with Crippen molar-refractivity contribution >= 4 is 10.8 Å². The van der Waals surface area contributed by atoms with Gasteiger partial charge in [0.05, 0.1) is 0 Å². The number of benzene rings is 2. The minimum atomic E-state index is 0.162. The van der Waals surface area contributed by atoms with E-state index in [9.17, 15) is 15.3 Å². The van der Waals surface area contributed by atoms with Gasteiger partial charge in [0, 0.05) is 30.8 Å². The van der Waals surface area contributed by atoms with Crippen LogP contribution in [0.5, 0.6) is 11.8 Å². The molecule has 3 fully saturated rings. The number of aliphatic hydroxyl groups excluding tert-OH is 1. The highest BCUT2D eigenvalue weighted by Gasteiger charge is 2.53. The van der Waals surface area contributed by atoms with Gasteiger partial charge in [-0.15, -0.1) is 0 Å². The number of rotatable bonds is 6. The number of aromatic hydroxyl groups is 2. The molecule has 202 valence electrons. The van der Waals surface area contributed by atoms with Crippen molar-refractivity contribution in [2.75, 3.05) is 26.2 Å². The lowest BCUT2D eigenvalue weighted by Crippen LogP contribution is -2.38. The van der Waals surface area contributed by atoms with Gasteiger partial charge in [0.15, 0.2) is 11.8 Å². The first-order valence-electron chi connectivity index (χ1n) is 15.0. The maximum Gasteiger partial charge on any atom is 0.197 e. The van der Waals surface area contributed by atoms with Crippen LogP contribution in [0.4, 0.5) is 0 Å². The summed E-state index contributed by atoms with van der Waals surface area (Å²) in [6.07, 6.45) is 7.03. The number of likely N-dealkylation sites (tertiary alicyclic amines) is 1. The van der Waals surface area contributed by atoms with Crippen LogP contribution in [0.3, 0.4) is 0 Å². The highest BCUT2D eigenvalue weighted by Crippen LogP contribution is 2.64. The Balaban J connectivity index is 1.02. The molecule has 3 N–H and O–H groups in total. The van der Waals surface area contributed by atoms with E-state index in [4.69, 9.17) is 0 Å². The highest BCUT2D eigenvalue weighted by atomic mass is 16.3. The average molecular weight is 515 g/mol. The van der Waals surface area contributed by atoms with Gasteiger partial charge in [0.1, 0.15) is 0 Å². The molecule has 7 rings (SSSR count). The van der Waals surface area contributed by atoms with Gasteiger partial charge in [-0.1, -0.05) is 55.8 Å². The first-order chi connectivity index (χ1) is 18.5. The standard InChI is InChI=1S/C33H42N2O3/c1-20-27-16-28(29(20)19-36)31-30(27)32(37)35(33(31)38)18-24-9-4-8-23(24)17-34-14-12-22(13-15-34)26-11-5-7-21-6-2-3-10-25(21)26/h2-3,5-7,10-11,20,22-24,27-29,36-38H,4,8-9,12-19H2,1H3. The van der Waals surface area contributed by atoms with E-state index in [1.165, 1.54) is 48.4 Å². The van der Waals surface area contributed by atoms with E-state index < -0.39 is 0 Å². The van der Waals surface area contributed by atoms with E-state index in [1.54, 1.807) is 0 Å². The fourth-order valence-electron chi connectivity index (χ4n) is 9.06. The molecule has 6 unspecified atom stereocenters. The van der Waals surface area contributed by atoms with Crippen molar-refractivity contribution in [2.24, 2.45) is 23.7 Å². The number of fused-ring (bicyclic) bond motifs is 6. The molecule has 1 aliphatic heterocycles. The monoisotopic (exact) mass is 514 g/mol. The Kier molecular flexibility index (Phi) is 6.20. The van der Waals surface area contributed by atoms with Crippen molar-refractivity contribution < 1.29 is 15.3 Å². The van der Waals surface area contributed by atoms with Crippen LogP contribution in [0, 0.1) is 23.7 Å². The lowest BCUT2D eigenvalue weighted by atomic mass is 9.78. The van der Waals surface area contributed by atoms with Crippen molar-refractivity contribution in [2.45, 2.75) is 69.7 Å². The Hall–Kier alpha value is -2.50. The van der Waals surface area contributed by atoms with Gasteiger partial charge >= 0.3 is 0 Å². The number of hydrogen-bond acceptors (Lipinski definition) is 4. The van der Waals surface area contributed by atoms with Gasteiger partial charge in [-0.2, -0.15) is 0 Å². The van der Waals surface area contributed by atoms with Crippen LogP contribution in [-0.2, 0) is 6.54 Å². The molecular formula is C33H42N2O3. The molecule has 5 heteroatoms. The van der Waals surface area contributed by atoms with E-state index in [0.29, 0.717) is 36.1 Å². The Bertz CT molecular complexity index is 1320. The molecule has 2 aromatic carbocycles. The fraction of sp³-hybridized carbons (Fsp3) is 0.576. The summed E-state index contributed by atoms with van der Waals surface area (Å²) in [6.45, 7) is 6.49. The predicted octanol–water partition coefficient (Wildman–Crippen LogP) is 6.18. The Morgan fingerprint density at radius 3 is 2.26 bits per heavy atom. The van der Waals surface area contributed by atoms with Gasteiger partial charge < -0.3 is 20.2 Å². The summed E-state index contributed by atoms with van der Waals surface area (Å²) in [6, 6.07) is 15.6. The molecule has 2 saturated carbocycles. The van der Waals surface area contributed by atoms with E-state index in [-0.39, 0.29) is 30.2 Å². The van der Waals surface area contributed by atoms with Crippen LogP contribution in [0.15, 0.2) is 42.5 Å². The third kappa shape index (κ3) is 3.80. The highest BCUT2D eigenvalue weighted by molar-refractivity contribution is 5.86. The zero-order chi connectivity index (χ0) is 26.0. The molecule has 2 heterocycles. The number of hydrogen-bond donors (Lipinski definition) is 3. The second-order valence-electron chi connectivity index (χ2n) is 12.8. The second kappa shape index (κ2) is 9.60. The number of piperidine rings is 1. The summed E-state index contributed by atoms with van der Waals surface area (Å²) in [5.41, 5.74) is 3.43. The van der Waals surface area contributed by atoms with Crippen LogP contribution in [-0.4, -0.2) is 51.0 Å². The first kappa shape index (κ1) is 24.5. The fourth-order valence-corrected chi connectivity index (χ4v) is 9.06. The lowest BCUT2D eigenvalue weighted by molar-refractivity contribution is 0.158. The van der Waals surface area contributed by atoms with Gasteiger partial charge in [0.25, 0.3) is 0 Å². The second-order valence-corrected chi connectivity index (χ2v) is 12.8. The summed E-state index contributed by atoms with van der Waals surface area (Å²) >= 11 is 0. The van der Waals surface area contributed by atoms with Gasteiger partial charge in [-0.3, -0.25) is 4.57 Å². The molecule has 0 spiro atoms. The predicted molar refractivity (Wildman–Crippen MR) is 151 cm³/mol. The lowest BCUT2D eigenvalue weighted by Gasteiger charge is -2.35. The zero-order valence-corrected chi connectivity index (χ0v) is 22.6. The Morgan fingerprint density at radius 1 is 0.816 bits per heavy atom. The zero-order valence-electron chi connectivity index (χ0n) is 22.6. The van der Waals surface area contributed by atoms with E-state index in [2.05, 4.69) is 54.3 Å². The van der Waals surface area contributed by atoms with Crippen LogP contribution in [0.25, 0.3) is 10.8 Å². The molecule has 0 amide bonds. The third-order valence-electron chi connectivity index (χ3n) is 11.1. The van der Waals surface area contributed by atoms with Crippen molar-refractivity contribution in [1.29, 1.82) is 0 Å². The molecule has 38 heavy (non-hydrogen) atoms. The molecular weight excluding hydrogens is 472 g/mol. The normalized spacial score (nSPS) is 31.4. The van der Waals surface area contributed by atoms with Crippen molar-refractivity contribution in [3.8, 4) is 11.8 Å². The number of aliphatic hydroxyl groups is 1. The maximum absolute atomic E-state index is 11.2. The van der Waals surface area contributed by atoms with E-state index >= 15 is 0 Å². The van der Waals surface area contributed by atoms with Crippen molar-refractivity contribution in [1.82, 2.24) is 9.47 Å². The van der Waals surface area contributed by atoms with Gasteiger partial charge in [-0.25, -0.2) is 0 Å². The largest absolute Gasteiger partial charge is 0.494 e. The topological polar surface area (TPSA) is 68.9 Å². The molecule has 3 aliphatic carbocycles. The molecule has 6 atom stereocenters. The van der Waals surface area contributed by atoms with Crippen molar-refractivity contribution in [3.63, 3.8) is 0 Å². The summed E-state index contributed by atoms with van der Waals surface area (Å²) in [5.74, 6) is 3.31. The SMILES string of the molecule is CC1C2CC(c3c2c(O)n(CC2CCCC2CN2CCC(c4cccc5ccccc45)CC2)c3O)C1CO. The molecule has 3 aromatic rings. The van der Waals surface area contributed by atoms with Crippen LogP contribution >= 0.6 is 0 Å². The molecule has 5 nitrogen and oxygen atoms in total. The summed E-state index contributed by atoms with van der Waals surface area (Å²) < 4.78 is 1.83. The van der Waals surface area contributed by atoms with E-state index in [0.717, 1.165) is 37.2 Å². The molecule has 2 bridgehead atoms. The molecule has 1 aromatic heterocycles. The third-order valence-corrected chi connectivity index (χ3v) is 11.1. The first-order valence-corrected chi connectivity index (χ1v) is 15.0. The van der Waals surface area contributed by atoms with Crippen molar-refractivity contribution in [3.05, 3.63) is 59.2 Å². The Labute approximate surface area is 226 Å². The van der Waals surface area contributed by atoms with Crippen LogP contribution in [0.2, 0.25) is 0 Å². The van der Waals surface area contributed by atoms with Gasteiger partial charge in [-0.05, 0) is 103 Å². The van der Waals surface area contributed by atoms with Crippen LogP contribution in [0.1, 0.15) is 79.9 Å². The summed E-state index contributed by atoms with van der Waals surface area (Å²) in [5, 5.41) is 35.2. The maximum atomic E-state index is 11.2.